The average molecular weight is 517 g/mol. The number of ketones is 4. The molecule has 1 amide bonds. The predicted molar refractivity (Wildman–Crippen MR) is 124 cm³/mol. The SMILES string of the molecule is CN(C)[C@@H]1C(=O)C(C(N)=O)C(=O)[C@@]2(O)C(=O)C3C(=O)c4c(c(Cl)c5ccc(F)cc5c4O)C[C@H]3C[C@@H]12. The molecule has 0 heterocycles. The van der Waals surface area contributed by atoms with E-state index in [0.29, 0.717) is 5.39 Å². The number of phenolic OH excluding ortho intramolecular Hbond substituents is 1. The highest BCUT2D eigenvalue weighted by Gasteiger charge is 2.69. The quantitative estimate of drug-likeness (QED) is 0.495. The number of benzene rings is 2. The lowest BCUT2D eigenvalue weighted by molar-refractivity contribution is -0.181. The van der Waals surface area contributed by atoms with Gasteiger partial charge in [0.05, 0.1) is 22.5 Å². The summed E-state index contributed by atoms with van der Waals surface area (Å²) in [6.45, 7) is 0. The Morgan fingerprint density at radius 1 is 1.17 bits per heavy atom. The van der Waals surface area contributed by atoms with Gasteiger partial charge in [-0.05, 0) is 56.6 Å². The van der Waals surface area contributed by atoms with Gasteiger partial charge in [-0.25, -0.2) is 4.39 Å². The van der Waals surface area contributed by atoms with Crippen LogP contribution in [0.2, 0.25) is 5.02 Å². The number of primary amides is 1. The molecule has 11 heteroatoms. The summed E-state index contributed by atoms with van der Waals surface area (Å²) in [4.78, 5) is 67.1. The van der Waals surface area contributed by atoms with Gasteiger partial charge in [-0.3, -0.25) is 28.9 Å². The summed E-state index contributed by atoms with van der Waals surface area (Å²) in [6, 6.07) is 2.36. The van der Waals surface area contributed by atoms with Crippen LogP contribution in [0, 0.1) is 29.5 Å². The third kappa shape index (κ3) is 2.98. The largest absolute Gasteiger partial charge is 0.507 e. The van der Waals surface area contributed by atoms with Gasteiger partial charge in [0.15, 0.2) is 34.7 Å². The van der Waals surface area contributed by atoms with Crippen molar-refractivity contribution in [3.8, 4) is 5.75 Å². The Labute approximate surface area is 209 Å². The van der Waals surface area contributed by atoms with Crippen molar-refractivity contribution in [1.82, 2.24) is 4.90 Å². The summed E-state index contributed by atoms with van der Waals surface area (Å²) in [5.74, 6) is -12.3. The molecule has 3 aliphatic rings. The van der Waals surface area contributed by atoms with E-state index < -0.39 is 75.9 Å². The van der Waals surface area contributed by atoms with E-state index in [1.165, 1.54) is 25.1 Å². The van der Waals surface area contributed by atoms with Gasteiger partial charge in [0.25, 0.3) is 0 Å². The Kier molecular flexibility index (Phi) is 5.37. The lowest BCUT2D eigenvalue weighted by Gasteiger charge is -2.52. The number of hydrogen-bond donors (Lipinski definition) is 3. The van der Waals surface area contributed by atoms with Crippen molar-refractivity contribution in [2.24, 2.45) is 29.4 Å². The fourth-order valence-electron chi connectivity index (χ4n) is 6.39. The number of phenols is 1. The van der Waals surface area contributed by atoms with E-state index in [9.17, 15) is 38.6 Å². The van der Waals surface area contributed by atoms with Crippen LogP contribution in [0.5, 0.6) is 5.75 Å². The molecule has 4 N–H and O–H groups in total. The number of Topliss-reactive ketones (excluding diaryl/α,β-unsaturated/α-hetero) is 4. The second-order valence-corrected chi connectivity index (χ2v) is 10.4. The maximum Gasteiger partial charge on any atom is 0.235 e. The van der Waals surface area contributed by atoms with Crippen molar-refractivity contribution in [2.45, 2.75) is 24.5 Å². The molecule has 188 valence electrons. The molecule has 2 aromatic carbocycles. The summed E-state index contributed by atoms with van der Waals surface area (Å²) in [5, 5.41) is 22.9. The smallest absolute Gasteiger partial charge is 0.235 e. The summed E-state index contributed by atoms with van der Waals surface area (Å²) in [5.41, 5.74) is 2.48. The van der Waals surface area contributed by atoms with Crippen molar-refractivity contribution in [1.29, 1.82) is 0 Å². The maximum atomic E-state index is 13.9. The number of halogens is 2. The summed E-state index contributed by atoms with van der Waals surface area (Å²) >= 11 is 6.57. The van der Waals surface area contributed by atoms with Crippen LogP contribution in [0.25, 0.3) is 10.8 Å². The number of aromatic hydroxyl groups is 1. The van der Waals surface area contributed by atoms with E-state index in [-0.39, 0.29) is 34.4 Å². The van der Waals surface area contributed by atoms with Gasteiger partial charge in [-0.1, -0.05) is 11.6 Å². The van der Waals surface area contributed by atoms with Gasteiger partial charge >= 0.3 is 0 Å². The van der Waals surface area contributed by atoms with Gasteiger partial charge in [0.2, 0.25) is 5.91 Å². The van der Waals surface area contributed by atoms with Crippen molar-refractivity contribution >= 4 is 51.4 Å². The summed E-state index contributed by atoms with van der Waals surface area (Å²) in [6.07, 6.45) is -0.0476. The highest BCUT2D eigenvalue weighted by Crippen LogP contribution is 2.52. The summed E-state index contributed by atoms with van der Waals surface area (Å²) in [7, 11) is 3.02. The molecule has 0 aliphatic heterocycles. The Balaban J connectivity index is 1.70. The van der Waals surface area contributed by atoms with Crippen LogP contribution in [-0.2, 0) is 25.6 Å². The molecule has 2 aromatic rings. The van der Waals surface area contributed by atoms with E-state index in [4.69, 9.17) is 17.3 Å². The Morgan fingerprint density at radius 2 is 1.83 bits per heavy atom. The van der Waals surface area contributed by atoms with Gasteiger partial charge < -0.3 is 15.9 Å². The molecule has 2 fully saturated rings. The maximum absolute atomic E-state index is 13.9. The Morgan fingerprint density at radius 3 is 2.44 bits per heavy atom. The highest BCUT2D eigenvalue weighted by atomic mass is 35.5. The lowest BCUT2D eigenvalue weighted by Crippen LogP contribution is -2.74. The number of nitrogens with zero attached hydrogens (tertiary/aromatic N) is 1. The van der Waals surface area contributed by atoms with Gasteiger partial charge in [0, 0.05) is 16.7 Å². The molecule has 0 radical (unpaired) electrons. The molecule has 0 bridgehead atoms. The average Bonchev–Trinajstić information content (AvgIpc) is 2.79. The van der Waals surface area contributed by atoms with E-state index >= 15 is 0 Å². The third-order valence-electron chi connectivity index (χ3n) is 7.93. The zero-order chi connectivity index (χ0) is 26.4. The van der Waals surface area contributed by atoms with Gasteiger partial charge in [-0.15, -0.1) is 0 Å². The van der Waals surface area contributed by atoms with Crippen LogP contribution in [0.4, 0.5) is 4.39 Å². The number of carbonyl (C=O) groups is 5. The van der Waals surface area contributed by atoms with E-state index in [0.717, 1.165) is 12.1 Å². The molecular formula is C25H22ClFN2O7. The van der Waals surface area contributed by atoms with Crippen molar-refractivity contribution < 1.29 is 38.6 Å². The molecular weight excluding hydrogens is 495 g/mol. The molecule has 6 atom stereocenters. The second kappa shape index (κ2) is 7.89. The van der Waals surface area contributed by atoms with Gasteiger partial charge in [-0.2, -0.15) is 0 Å². The molecule has 9 nitrogen and oxygen atoms in total. The summed E-state index contributed by atoms with van der Waals surface area (Å²) < 4.78 is 13.9. The normalized spacial score (nSPS) is 31.9. The molecule has 0 spiro atoms. The van der Waals surface area contributed by atoms with E-state index in [2.05, 4.69) is 0 Å². The zero-order valence-corrected chi connectivity index (χ0v) is 20.0. The number of carbonyl (C=O) groups excluding carboxylic acids is 5. The standard InChI is InChI=1S/C25H22ClFN2O7/c1-29(2)18-13-6-8-5-12-15(19(30)11-7-9(27)3-4-10(11)17(12)26)20(31)14(8)22(33)25(13,36)23(34)16(21(18)32)24(28)35/h3-4,7-8,13-14,16,18,30,36H,5-6H2,1-2H3,(H2,28,35)/t8-,13-,14?,16?,18-,25-/m0/s1. The number of rotatable bonds is 2. The van der Waals surface area contributed by atoms with Gasteiger partial charge in [0.1, 0.15) is 11.6 Å². The first kappa shape index (κ1) is 24.5. The minimum atomic E-state index is -2.81. The van der Waals surface area contributed by atoms with Crippen LogP contribution >= 0.6 is 11.6 Å². The molecule has 2 saturated carbocycles. The molecule has 3 aliphatic carbocycles. The van der Waals surface area contributed by atoms with Crippen LogP contribution < -0.4 is 5.73 Å². The number of amides is 1. The molecule has 5 rings (SSSR count). The van der Waals surface area contributed by atoms with Crippen LogP contribution in [0.1, 0.15) is 22.3 Å². The fraction of sp³-hybridized carbons (Fsp3) is 0.400. The second-order valence-electron chi connectivity index (χ2n) is 10.00. The topological polar surface area (TPSA) is 155 Å². The third-order valence-corrected chi connectivity index (χ3v) is 8.36. The lowest BCUT2D eigenvalue weighted by atomic mass is 9.52. The van der Waals surface area contributed by atoms with E-state index in [1.807, 2.05) is 0 Å². The van der Waals surface area contributed by atoms with Crippen molar-refractivity contribution in [3.63, 3.8) is 0 Å². The minimum Gasteiger partial charge on any atom is -0.507 e. The molecule has 0 saturated heterocycles. The van der Waals surface area contributed by atoms with Crippen LogP contribution in [0.15, 0.2) is 18.2 Å². The molecule has 36 heavy (non-hydrogen) atoms. The Hall–Kier alpha value is -3.21. The van der Waals surface area contributed by atoms with Crippen LogP contribution in [-0.4, -0.2) is 69.9 Å². The first-order chi connectivity index (χ1) is 16.8. The predicted octanol–water partition coefficient (Wildman–Crippen LogP) is 0.813. The number of aliphatic hydroxyl groups is 1. The highest BCUT2D eigenvalue weighted by molar-refractivity contribution is 6.38. The number of nitrogens with two attached hydrogens (primary N) is 1. The number of hydrogen-bond acceptors (Lipinski definition) is 8. The zero-order valence-electron chi connectivity index (χ0n) is 19.2. The van der Waals surface area contributed by atoms with E-state index in [1.54, 1.807) is 0 Å². The first-order valence-electron chi connectivity index (χ1n) is 11.3. The van der Waals surface area contributed by atoms with Crippen LogP contribution in [0.3, 0.4) is 0 Å². The monoisotopic (exact) mass is 516 g/mol. The number of likely N-dealkylation sites (N-methyl/N-ethyl adjacent to an activating group) is 1. The Bertz CT molecular complexity index is 1420. The fourth-order valence-corrected chi connectivity index (χ4v) is 6.73. The van der Waals surface area contributed by atoms with Crippen molar-refractivity contribution in [3.05, 3.63) is 40.2 Å². The van der Waals surface area contributed by atoms with Crippen molar-refractivity contribution in [2.75, 3.05) is 14.1 Å². The number of fused-ring (bicyclic) bond motifs is 4. The first-order valence-corrected chi connectivity index (χ1v) is 11.7. The molecule has 2 unspecified atom stereocenters. The minimum absolute atomic E-state index is 0.0220. The molecule has 0 aromatic heterocycles.